The third-order valence-electron chi connectivity index (χ3n) is 10.8. The van der Waals surface area contributed by atoms with Crippen LogP contribution in [0.15, 0.2) is 66.9 Å². The quantitative estimate of drug-likeness (QED) is 0.0556. The molecule has 2 fully saturated rings. The van der Waals surface area contributed by atoms with Gasteiger partial charge in [-0.3, -0.25) is 19.7 Å². The fourth-order valence-electron chi connectivity index (χ4n) is 7.67. The molecule has 58 heavy (non-hydrogen) atoms. The monoisotopic (exact) mass is 828 g/mol. The van der Waals surface area contributed by atoms with Crippen LogP contribution in [0.3, 0.4) is 0 Å². The van der Waals surface area contributed by atoms with E-state index in [4.69, 9.17) is 21.1 Å². The molecule has 7 rings (SSSR count). The van der Waals surface area contributed by atoms with Gasteiger partial charge in [0.2, 0.25) is 17.8 Å². The van der Waals surface area contributed by atoms with Crippen molar-refractivity contribution < 1.29 is 28.4 Å². The number of fused-ring (bicyclic) bond motifs is 1. The number of ether oxygens (including phenoxy) is 2. The molecule has 0 aliphatic carbocycles. The van der Waals surface area contributed by atoms with Crippen molar-refractivity contribution in [1.29, 1.82) is 0 Å². The average molecular weight is 829 g/mol. The number of anilines is 5. The van der Waals surface area contributed by atoms with E-state index in [1.165, 1.54) is 6.20 Å². The molecule has 3 amide bonds. The number of carbonyl (C=O) groups excluding carboxylic acids is 3. The Bertz CT molecular complexity index is 2210. The Hall–Kier alpha value is -5.17. The molecule has 3 aliphatic rings. The highest BCUT2D eigenvalue weighted by atomic mass is 35.5. The molecule has 4 N–H and O–H groups in total. The van der Waals surface area contributed by atoms with Gasteiger partial charge in [0.15, 0.2) is 5.82 Å². The van der Waals surface area contributed by atoms with Gasteiger partial charge in [-0.05, 0) is 106 Å². The number of nitrogens with one attached hydrogen (secondary N) is 4. The number of benzene rings is 3. The second kappa shape index (κ2) is 18.2. The summed E-state index contributed by atoms with van der Waals surface area (Å²) in [4.78, 5) is 49.7. The zero-order valence-electron chi connectivity index (χ0n) is 33.1. The molecule has 0 bridgehead atoms. The Kier molecular flexibility index (Phi) is 12.9. The number of halogens is 1. The summed E-state index contributed by atoms with van der Waals surface area (Å²) in [6.07, 6.45) is 7.19. The Morgan fingerprint density at radius 2 is 1.76 bits per heavy atom. The molecule has 1 unspecified atom stereocenters. The number of hydrogen-bond donors (Lipinski definition) is 4. The Morgan fingerprint density at radius 1 is 0.948 bits per heavy atom. The van der Waals surface area contributed by atoms with Gasteiger partial charge in [-0.25, -0.2) is 4.98 Å². The molecular weight excluding hydrogens is 779 g/mol. The van der Waals surface area contributed by atoms with Gasteiger partial charge in [-0.1, -0.05) is 23.7 Å². The van der Waals surface area contributed by atoms with E-state index in [9.17, 15) is 18.9 Å². The molecule has 306 valence electrons. The van der Waals surface area contributed by atoms with Crippen LogP contribution < -0.4 is 40.9 Å². The molecule has 3 aliphatic heterocycles. The third kappa shape index (κ3) is 9.74. The number of amides is 3. The molecule has 1 atom stereocenters. The maximum absolute atomic E-state index is 12.9. The number of methoxy groups -OCH3 is 1. The summed E-state index contributed by atoms with van der Waals surface area (Å²) < 4.78 is 24.7. The van der Waals surface area contributed by atoms with Crippen LogP contribution in [0.1, 0.15) is 60.9 Å². The number of nitrogens with zero attached hydrogens (tertiary/aromatic N) is 4. The topological polar surface area (TPSA) is 167 Å². The maximum Gasteiger partial charge on any atom is 0.255 e. The van der Waals surface area contributed by atoms with Crippen molar-refractivity contribution in [2.75, 3.05) is 62.2 Å². The van der Waals surface area contributed by atoms with Gasteiger partial charge in [0.05, 0.1) is 31.3 Å². The van der Waals surface area contributed by atoms with E-state index in [1.54, 1.807) is 31.4 Å². The molecule has 0 spiro atoms. The summed E-state index contributed by atoms with van der Waals surface area (Å²) in [5.74, 6) is 1.24. The van der Waals surface area contributed by atoms with Crippen molar-refractivity contribution in [2.24, 2.45) is 0 Å². The van der Waals surface area contributed by atoms with Crippen LogP contribution in [-0.2, 0) is 20.7 Å². The maximum atomic E-state index is 12.9. The number of hydrogen-bond acceptors (Lipinski definition) is 12. The van der Waals surface area contributed by atoms with Crippen molar-refractivity contribution >= 4 is 70.6 Å². The lowest BCUT2D eigenvalue weighted by atomic mass is 10.0. The number of unbranched alkanes of at least 4 members (excludes halogenated alkanes) is 2. The minimum absolute atomic E-state index is 0.182. The number of imide groups is 1. The standard InChI is InChI=1S/C42H50ClN8O6P/c1-56-36-24-29(11-14-33(36)47-42-45-25-32(43)39(49-42)46-34-9-5-6-10-37(34)58(2,3)55)50-20-17-28(18-21-50)44-19-7-4-8-22-57-30-12-13-31-27(23-30)26-51(41(31)54)35-15-16-38(52)48-40(35)53/h5-6,9-14,23-25,28,35,44H,4,7-8,15-22,26H2,1-3H3,(H,48,52,53)(H2,45,46,47,49). The van der Waals surface area contributed by atoms with Crippen molar-refractivity contribution in [1.82, 2.24) is 25.5 Å². The lowest BCUT2D eigenvalue weighted by Crippen LogP contribution is -2.52. The summed E-state index contributed by atoms with van der Waals surface area (Å²) in [6, 6.07) is 18.8. The smallest absolute Gasteiger partial charge is 0.255 e. The zero-order chi connectivity index (χ0) is 40.8. The average Bonchev–Trinajstić information content (AvgIpc) is 3.53. The van der Waals surface area contributed by atoms with E-state index >= 15 is 0 Å². The van der Waals surface area contributed by atoms with Crippen molar-refractivity contribution in [3.05, 3.63) is 83.0 Å². The van der Waals surface area contributed by atoms with Gasteiger partial charge in [0.25, 0.3) is 5.91 Å². The fraction of sp³-hybridized carbons (Fsp3) is 0.405. The highest BCUT2D eigenvalue weighted by Crippen LogP contribution is 2.39. The first kappa shape index (κ1) is 41.0. The Labute approximate surface area is 343 Å². The number of aromatic nitrogens is 2. The second-order valence-corrected chi connectivity index (χ2v) is 18.8. The SMILES string of the molecule is COc1cc(N2CCC(NCCCCCOc3ccc4c(c3)CN(C3CCC(=O)NC3=O)C4=O)CC2)ccc1Nc1ncc(Cl)c(Nc2ccccc2P(C)(C)=O)n1. The third-order valence-corrected chi connectivity index (χ3v) is 12.6. The predicted octanol–water partition coefficient (Wildman–Crippen LogP) is 6.44. The first-order valence-corrected chi connectivity index (χ1v) is 22.7. The van der Waals surface area contributed by atoms with Gasteiger partial charge in [-0.2, -0.15) is 4.98 Å². The van der Waals surface area contributed by atoms with Gasteiger partial charge >= 0.3 is 0 Å². The normalized spacial score (nSPS) is 17.2. The van der Waals surface area contributed by atoms with Gasteiger partial charge in [-0.15, -0.1) is 0 Å². The summed E-state index contributed by atoms with van der Waals surface area (Å²) in [5, 5.41) is 13.6. The predicted molar refractivity (Wildman–Crippen MR) is 227 cm³/mol. The van der Waals surface area contributed by atoms with E-state index in [0.29, 0.717) is 70.5 Å². The molecule has 14 nitrogen and oxygen atoms in total. The van der Waals surface area contributed by atoms with Crippen molar-refractivity contribution in [3.8, 4) is 11.5 Å². The molecule has 2 saturated heterocycles. The molecule has 1 aromatic heterocycles. The van der Waals surface area contributed by atoms with Crippen molar-refractivity contribution in [3.63, 3.8) is 0 Å². The van der Waals surface area contributed by atoms with E-state index in [-0.39, 0.29) is 18.2 Å². The molecule has 0 radical (unpaired) electrons. The van der Waals surface area contributed by atoms with Crippen LogP contribution in [0.25, 0.3) is 0 Å². The number of carbonyl (C=O) groups is 3. The van der Waals surface area contributed by atoms with Crippen LogP contribution in [0.4, 0.5) is 28.8 Å². The van der Waals surface area contributed by atoms with E-state index in [0.717, 1.165) is 68.7 Å². The Balaban J connectivity index is 0.821. The van der Waals surface area contributed by atoms with Crippen LogP contribution in [0.5, 0.6) is 11.5 Å². The van der Waals surface area contributed by atoms with Crippen LogP contribution in [-0.4, -0.2) is 91.4 Å². The van der Waals surface area contributed by atoms with Gasteiger partial charge in [0, 0.05) is 54.7 Å². The molecular formula is C42H50ClN8O6P. The summed E-state index contributed by atoms with van der Waals surface area (Å²) >= 11 is 6.46. The summed E-state index contributed by atoms with van der Waals surface area (Å²) in [7, 11) is -0.902. The summed E-state index contributed by atoms with van der Waals surface area (Å²) in [5.41, 5.74) is 3.91. The first-order valence-electron chi connectivity index (χ1n) is 19.7. The van der Waals surface area contributed by atoms with E-state index < -0.39 is 19.1 Å². The largest absolute Gasteiger partial charge is 0.494 e. The second-order valence-electron chi connectivity index (χ2n) is 15.2. The zero-order valence-corrected chi connectivity index (χ0v) is 34.7. The highest BCUT2D eigenvalue weighted by molar-refractivity contribution is 7.70. The molecule has 4 aromatic rings. The van der Waals surface area contributed by atoms with Crippen LogP contribution in [0, 0.1) is 0 Å². The fourth-order valence-corrected chi connectivity index (χ4v) is 8.97. The molecule has 4 heterocycles. The minimum Gasteiger partial charge on any atom is -0.494 e. The molecule has 16 heteroatoms. The summed E-state index contributed by atoms with van der Waals surface area (Å²) in [6.45, 7) is 7.19. The molecule has 0 saturated carbocycles. The van der Waals surface area contributed by atoms with Gasteiger partial charge < -0.3 is 39.8 Å². The lowest BCUT2D eigenvalue weighted by molar-refractivity contribution is -0.136. The molecule has 3 aromatic carbocycles. The lowest BCUT2D eigenvalue weighted by Gasteiger charge is -2.34. The minimum atomic E-state index is -2.54. The van der Waals surface area contributed by atoms with Crippen molar-refractivity contribution in [2.45, 2.75) is 63.6 Å². The van der Waals surface area contributed by atoms with Crippen LogP contribution >= 0.6 is 18.7 Å². The number of para-hydroxylation sites is 1. The Morgan fingerprint density at radius 3 is 2.53 bits per heavy atom. The number of piperidine rings is 2. The highest BCUT2D eigenvalue weighted by Gasteiger charge is 2.39. The van der Waals surface area contributed by atoms with Crippen LogP contribution in [0.2, 0.25) is 5.02 Å². The number of rotatable bonds is 16. The van der Waals surface area contributed by atoms with Gasteiger partial charge in [0.1, 0.15) is 29.7 Å². The first-order chi connectivity index (χ1) is 28.0. The van der Waals surface area contributed by atoms with E-state index in [2.05, 4.69) is 42.2 Å². The van der Waals surface area contributed by atoms with E-state index in [1.807, 2.05) is 48.5 Å².